The summed E-state index contributed by atoms with van der Waals surface area (Å²) in [5.41, 5.74) is 3.67. The van der Waals surface area contributed by atoms with E-state index in [4.69, 9.17) is 5.10 Å². The Labute approximate surface area is 313 Å². The summed E-state index contributed by atoms with van der Waals surface area (Å²) in [6.07, 6.45) is 0.557. The van der Waals surface area contributed by atoms with Crippen LogP contribution in [0.4, 0.5) is 37.2 Å². The smallest absolute Gasteiger partial charge is 0.270 e. The van der Waals surface area contributed by atoms with Crippen molar-refractivity contribution < 1.29 is 23.3 Å². The molecule has 8 rings (SSSR count). The average molecular weight is 736 g/mol. The van der Waals surface area contributed by atoms with Crippen molar-refractivity contribution in [3.05, 3.63) is 173 Å². The number of hydrogen-bond acceptors (Lipinski definition) is 7. The fourth-order valence-corrected chi connectivity index (χ4v) is 6.84. The van der Waals surface area contributed by atoms with Crippen LogP contribution in [0.25, 0.3) is 27.7 Å². The van der Waals surface area contributed by atoms with Crippen molar-refractivity contribution in [3.63, 3.8) is 0 Å². The molecule has 0 bridgehead atoms. The SMILES string of the molecule is O=C(CNc1ccc(F)cc1)N1c2cccc3cccc(c23)N(C(=O)CNc2ccc(F)cc2)C1c1cn(-c2ccccc2)nc1-c1cccc([N+](=O)[O-])c1. The lowest BCUT2D eigenvalue weighted by Crippen LogP contribution is -2.52. The molecule has 0 aliphatic carbocycles. The summed E-state index contributed by atoms with van der Waals surface area (Å²) in [4.78, 5) is 44.1. The monoisotopic (exact) mass is 735 g/mol. The summed E-state index contributed by atoms with van der Waals surface area (Å²) < 4.78 is 29.1. The Morgan fingerprint density at radius 2 is 1.24 bits per heavy atom. The van der Waals surface area contributed by atoms with Gasteiger partial charge in [0.05, 0.1) is 35.1 Å². The van der Waals surface area contributed by atoms with Crippen molar-refractivity contribution in [3.8, 4) is 16.9 Å². The molecule has 11 nitrogen and oxygen atoms in total. The van der Waals surface area contributed by atoms with Crippen molar-refractivity contribution in [2.45, 2.75) is 6.17 Å². The molecule has 7 aromatic rings. The lowest BCUT2D eigenvalue weighted by molar-refractivity contribution is -0.384. The number of anilines is 4. The van der Waals surface area contributed by atoms with Gasteiger partial charge in [0, 0.05) is 46.2 Å². The molecule has 13 heteroatoms. The van der Waals surface area contributed by atoms with E-state index in [-0.39, 0.29) is 18.8 Å². The number of carbonyl (C=O) groups is 2. The Bertz CT molecular complexity index is 2460. The topological polar surface area (TPSA) is 126 Å². The molecule has 1 aromatic heterocycles. The van der Waals surface area contributed by atoms with Crippen LogP contribution in [0.3, 0.4) is 0 Å². The van der Waals surface area contributed by atoms with E-state index in [1.807, 2.05) is 66.7 Å². The highest BCUT2D eigenvalue weighted by molar-refractivity contribution is 6.17. The maximum atomic E-state index is 14.8. The summed E-state index contributed by atoms with van der Waals surface area (Å²) in [5, 5.41) is 24.5. The van der Waals surface area contributed by atoms with Gasteiger partial charge < -0.3 is 10.6 Å². The number of non-ortho nitro benzene ring substituents is 1. The molecule has 0 radical (unpaired) electrons. The van der Waals surface area contributed by atoms with Crippen LogP contribution in [0.15, 0.2) is 146 Å². The average Bonchev–Trinajstić information content (AvgIpc) is 3.66. The zero-order valence-electron chi connectivity index (χ0n) is 29.0. The first-order valence-electron chi connectivity index (χ1n) is 17.3. The molecule has 2 N–H and O–H groups in total. The second kappa shape index (κ2) is 14.5. The molecular weight excluding hydrogens is 705 g/mol. The number of nitro groups is 1. The Morgan fingerprint density at radius 3 is 1.78 bits per heavy atom. The van der Waals surface area contributed by atoms with Crippen LogP contribution < -0.4 is 20.4 Å². The van der Waals surface area contributed by atoms with E-state index in [1.165, 1.54) is 70.5 Å². The van der Waals surface area contributed by atoms with Crippen LogP contribution in [-0.2, 0) is 9.59 Å². The fourth-order valence-electron chi connectivity index (χ4n) is 6.84. The van der Waals surface area contributed by atoms with Crippen molar-refractivity contribution in [1.82, 2.24) is 9.78 Å². The molecule has 272 valence electrons. The molecule has 0 spiro atoms. The lowest BCUT2D eigenvalue weighted by Gasteiger charge is -2.44. The minimum Gasteiger partial charge on any atom is -0.376 e. The Morgan fingerprint density at radius 1 is 0.691 bits per heavy atom. The van der Waals surface area contributed by atoms with Gasteiger partial charge >= 0.3 is 0 Å². The van der Waals surface area contributed by atoms with Gasteiger partial charge in [0.2, 0.25) is 11.8 Å². The third-order valence-corrected chi connectivity index (χ3v) is 9.35. The second-order valence-corrected chi connectivity index (χ2v) is 12.8. The first kappa shape index (κ1) is 34.7. The van der Waals surface area contributed by atoms with Gasteiger partial charge in [-0.25, -0.2) is 13.5 Å². The zero-order chi connectivity index (χ0) is 38.1. The van der Waals surface area contributed by atoms with Crippen LogP contribution in [0.5, 0.6) is 0 Å². The van der Waals surface area contributed by atoms with Crippen LogP contribution >= 0.6 is 0 Å². The first-order chi connectivity index (χ1) is 26.7. The van der Waals surface area contributed by atoms with E-state index in [9.17, 15) is 28.5 Å². The maximum absolute atomic E-state index is 14.8. The summed E-state index contributed by atoms with van der Waals surface area (Å²) >= 11 is 0. The van der Waals surface area contributed by atoms with Crippen LogP contribution in [-0.4, -0.2) is 39.6 Å². The van der Waals surface area contributed by atoms with Gasteiger partial charge in [-0.05, 0) is 78.2 Å². The van der Waals surface area contributed by atoms with Crippen LogP contribution in [0, 0.1) is 21.7 Å². The van der Waals surface area contributed by atoms with Crippen molar-refractivity contribution >= 4 is 51.0 Å². The Hall–Kier alpha value is -7.41. The predicted molar refractivity (Wildman–Crippen MR) is 207 cm³/mol. The van der Waals surface area contributed by atoms with Crippen molar-refractivity contribution in [1.29, 1.82) is 0 Å². The third kappa shape index (κ3) is 6.81. The minimum atomic E-state index is -1.17. The molecule has 0 unspecified atom stereocenters. The van der Waals surface area contributed by atoms with Crippen LogP contribution in [0.1, 0.15) is 11.7 Å². The third-order valence-electron chi connectivity index (χ3n) is 9.35. The second-order valence-electron chi connectivity index (χ2n) is 12.8. The van der Waals surface area contributed by atoms with E-state index in [1.54, 1.807) is 23.0 Å². The first-order valence-corrected chi connectivity index (χ1v) is 17.3. The molecule has 1 aliphatic rings. The molecule has 2 heterocycles. The number of nitrogens with zero attached hydrogens (tertiary/aromatic N) is 5. The summed E-state index contributed by atoms with van der Waals surface area (Å²) in [6.45, 7) is -0.481. The predicted octanol–water partition coefficient (Wildman–Crippen LogP) is 8.48. The highest BCUT2D eigenvalue weighted by atomic mass is 19.1. The number of benzene rings is 6. The van der Waals surface area contributed by atoms with Gasteiger partial charge in [0.25, 0.3) is 5.69 Å². The number of carbonyl (C=O) groups excluding carboxylic acids is 2. The van der Waals surface area contributed by atoms with Gasteiger partial charge in [0.15, 0.2) is 0 Å². The highest BCUT2D eigenvalue weighted by Crippen LogP contribution is 2.48. The van der Waals surface area contributed by atoms with Crippen LogP contribution in [0.2, 0.25) is 0 Å². The Balaban J connectivity index is 1.34. The van der Waals surface area contributed by atoms with E-state index in [2.05, 4.69) is 10.6 Å². The summed E-state index contributed by atoms with van der Waals surface area (Å²) in [7, 11) is 0. The molecular formula is C42H31F2N7O4. The molecule has 0 atom stereocenters. The normalized spacial score (nSPS) is 12.5. The summed E-state index contributed by atoms with van der Waals surface area (Å²) in [5.74, 6) is -1.72. The van der Waals surface area contributed by atoms with E-state index in [0.717, 1.165) is 5.39 Å². The number of halogens is 2. The van der Waals surface area contributed by atoms with E-state index in [0.29, 0.717) is 50.6 Å². The Kier molecular flexibility index (Phi) is 9.17. The van der Waals surface area contributed by atoms with Gasteiger partial charge in [-0.2, -0.15) is 5.10 Å². The highest BCUT2D eigenvalue weighted by Gasteiger charge is 2.43. The number of nitro benzene ring substituents is 1. The van der Waals surface area contributed by atoms with Gasteiger partial charge in [-0.1, -0.05) is 54.6 Å². The summed E-state index contributed by atoms with van der Waals surface area (Å²) in [6, 6.07) is 37.5. The number of aromatic nitrogens is 2. The lowest BCUT2D eigenvalue weighted by atomic mass is 9.96. The van der Waals surface area contributed by atoms with E-state index < -0.39 is 34.5 Å². The molecule has 0 fully saturated rings. The molecule has 6 aromatic carbocycles. The van der Waals surface area contributed by atoms with E-state index >= 15 is 0 Å². The quantitative estimate of drug-likeness (QED) is 0.107. The molecule has 1 aliphatic heterocycles. The molecule has 2 amide bonds. The number of rotatable bonds is 10. The standard InChI is InChI=1S/C42H31F2N7O4/c43-29-15-19-31(20-16-29)45-24-38(52)49-36-13-5-7-27-8-6-14-37(40(27)36)50(39(53)25-46-32-21-17-30(44)18-22-32)42(49)35-26-48(33-10-2-1-3-11-33)47-41(35)28-9-4-12-34(23-28)51(54)55/h1-23,26,42,45-46H,24-25H2. The number of amides is 2. The fraction of sp³-hybridized carbons (Fsp3) is 0.0714. The van der Waals surface area contributed by atoms with Gasteiger partial charge in [-0.3, -0.25) is 29.5 Å². The zero-order valence-corrected chi connectivity index (χ0v) is 29.0. The minimum absolute atomic E-state index is 0.163. The molecule has 0 saturated heterocycles. The van der Waals surface area contributed by atoms with Gasteiger partial charge in [0.1, 0.15) is 23.5 Å². The number of hydrogen-bond donors (Lipinski definition) is 2. The number of para-hydroxylation sites is 1. The molecule has 55 heavy (non-hydrogen) atoms. The van der Waals surface area contributed by atoms with Crippen molar-refractivity contribution in [2.24, 2.45) is 0 Å². The molecule has 0 saturated carbocycles. The van der Waals surface area contributed by atoms with Crippen molar-refractivity contribution in [2.75, 3.05) is 33.5 Å². The maximum Gasteiger partial charge on any atom is 0.270 e. The largest absolute Gasteiger partial charge is 0.376 e. The van der Waals surface area contributed by atoms with Gasteiger partial charge in [-0.15, -0.1) is 0 Å². The number of nitrogens with one attached hydrogen (secondary N) is 2.